The zero-order valence-electron chi connectivity index (χ0n) is 14.2. The molecule has 0 radical (unpaired) electrons. The molecular formula is C19H24Cl2N2O. The van der Waals surface area contributed by atoms with Crippen LogP contribution in [-0.2, 0) is 0 Å². The summed E-state index contributed by atoms with van der Waals surface area (Å²) in [6.07, 6.45) is 7.25. The highest BCUT2D eigenvalue weighted by atomic mass is 35.5. The molecule has 1 aromatic rings. The molecule has 4 fully saturated rings. The Labute approximate surface area is 153 Å². The van der Waals surface area contributed by atoms with Crippen molar-refractivity contribution in [2.24, 2.45) is 16.7 Å². The van der Waals surface area contributed by atoms with Gasteiger partial charge in [0.1, 0.15) is 0 Å². The summed E-state index contributed by atoms with van der Waals surface area (Å²) in [5.41, 5.74) is 1.38. The van der Waals surface area contributed by atoms with Gasteiger partial charge in [0.15, 0.2) is 0 Å². The third-order valence-corrected chi connectivity index (χ3v) is 6.92. The number of carbonyl (C=O) groups is 1. The lowest BCUT2D eigenvalue weighted by Crippen LogP contribution is -2.65. The molecule has 1 aromatic carbocycles. The number of benzene rings is 1. The summed E-state index contributed by atoms with van der Waals surface area (Å²) in [4.78, 5) is 12.6. The van der Waals surface area contributed by atoms with Crippen molar-refractivity contribution >= 4 is 34.9 Å². The van der Waals surface area contributed by atoms with Crippen molar-refractivity contribution in [3.05, 3.63) is 28.2 Å². The second-order valence-electron chi connectivity index (χ2n) is 9.12. The minimum atomic E-state index is -0.137. The highest BCUT2D eigenvalue weighted by Crippen LogP contribution is 2.66. The summed E-state index contributed by atoms with van der Waals surface area (Å²) in [6.45, 7) is 4.81. The number of halogens is 2. The Bertz CT molecular complexity index is 687. The molecule has 4 bridgehead atoms. The van der Waals surface area contributed by atoms with Gasteiger partial charge >= 0.3 is 6.03 Å². The molecule has 4 aliphatic carbocycles. The van der Waals surface area contributed by atoms with Crippen LogP contribution in [0, 0.1) is 16.7 Å². The Hall–Kier alpha value is -0.930. The molecule has 0 heterocycles. The van der Waals surface area contributed by atoms with Gasteiger partial charge in [-0.15, -0.1) is 0 Å². The molecule has 2 N–H and O–H groups in total. The van der Waals surface area contributed by atoms with Crippen LogP contribution in [0.2, 0.25) is 10.0 Å². The maximum absolute atomic E-state index is 12.6. The summed E-state index contributed by atoms with van der Waals surface area (Å²) < 4.78 is 0. The SMILES string of the molecule is CC12CC3CC(C)(C1)CC(NC(=O)Nc1ccc(Cl)c(Cl)c1)(C3)C2. The van der Waals surface area contributed by atoms with E-state index in [-0.39, 0.29) is 11.6 Å². The van der Waals surface area contributed by atoms with Crippen LogP contribution in [0.3, 0.4) is 0 Å². The molecule has 0 aliphatic heterocycles. The van der Waals surface area contributed by atoms with Crippen LogP contribution in [0.1, 0.15) is 52.4 Å². The molecule has 2 amide bonds. The van der Waals surface area contributed by atoms with Crippen LogP contribution < -0.4 is 10.6 Å². The third-order valence-electron chi connectivity index (χ3n) is 6.18. The average molecular weight is 367 g/mol. The van der Waals surface area contributed by atoms with E-state index in [4.69, 9.17) is 23.2 Å². The van der Waals surface area contributed by atoms with Crippen molar-refractivity contribution in [3.63, 3.8) is 0 Å². The first kappa shape index (κ1) is 16.5. The summed E-state index contributed by atoms with van der Waals surface area (Å²) in [5.74, 6) is 0.751. The first-order valence-corrected chi connectivity index (χ1v) is 9.48. The maximum Gasteiger partial charge on any atom is 0.319 e. The zero-order valence-corrected chi connectivity index (χ0v) is 15.7. The second-order valence-corrected chi connectivity index (χ2v) is 9.93. The molecule has 4 saturated carbocycles. The van der Waals surface area contributed by atoms with Crippen molar-refractivity contribution in [3.8, 4) is 0 Å². The van der Waals surface area contributed by atoms with Gasteiger partial charge in [-0.05, 0) is 73.5 Å². The number of carbonyl (C=O) groups excluding carboxylic acids is 1. The van der Waals surface area contributed by atoms with Crippen LogP contribution in [0.25, 0.3) is 0 Å². The molecule has 130 valence electrons. The molecule has 5 rings (SSSR count). The van der Waals surface area contributed by atoms with E-state index in [0.29, 0.717) is 26.6 Å². The Balaban J connectivity index is 1.50. The van der Waals surface area contributed by atoms with Gasteiger partial charge in [-0.25, -0.2) is 4.79 Å². The number of hydrogen-bond acceptors (Lipinski definition) is 1. The van der Waals surface area contributed by atoms with Crippen LogP contribution in [-0.4, -0.2) is 11.6 Å². The smallest absolute Gasteiger partial charge is 0.319 e. The van der Waals surface area contributed by atoms with Gasteiger partial charge < -0.3 is 10.6 Å². The fraction of sp³-hybridized carbons (Fsp3) is 0.632. The molecule has 2 unspecified atom stereocenters. The largest absolute Gasteiger partial charge is 0.332 e. The Morgan fingerprint density at radius 1 is 1.04 bits per heavy atom. The Morgan fingerprint density at radius 3 is 2.29 bits per heavy atom. The van der Waals surface area contributed by atoms with Crippen molar-refractivity contribution in [1.29, 1.82) is 0 Å². The van der Waals surface area contributed by atoms with Crippen LogP contribution >= 0.6 is 23.2 Å². The molecular weight excluding hydrogens is 343 g/mol. The van der Waals surface area contributed by atoms with E-state index in [1.807, 2.05) is 0 Å². The summed E-state index contributed by atoms with van der Waals surface area (Å²) in [6, 6.07) is 5.02. The third kappa shape index (κ3) is 2.90. The number of anilines is 1. The lowest BCUT2D eigenvalue weighted by Gasteiger charge is -2.65. The standard InChI is InChI=1S/C19H24Cl2N2O/c1-17-6-12-7-18(2,9-17)11-19(8-12,10-17)23-16(24)22-13-3-4-14(20)15(21)5-13/h3-5,12H,6-11H2,1-2H3,(H2,22,23,24). The van der Waals surface area contributed by atoms with Crippen molar-refractivity contribution in [1.82, 2.24) is 5.32 Å². The summed E-state index contributed by atoms with van der Waals surface area (Å²) >= 11 is 12.0. The van der Waals surface area contributed by atoms with E-state index in [1.54, 1.807) is 18.2 Å². The maximum atomic E-state index is 12.6. The van der Waals surface area contributed by atoms with Crippen LogP contribution in [0.15, 0.2) is 18.2 Å². The first-order valence-electron chi connectivity index (χ1n) is 8.73. The van der Waals surface area contributed by atoms with Gasteiger partial charge in [0.2, 0.25) is 0 Å². The molecule has 24 heavy (non-hydrogen) atoms. The van der Waals surface area contributed by atoms with Gasteiger partial charge in [0, 0.05) is 11.2 Å². The molecule has 5 heteroatoms. The fourth-order valence-electron chi connectivity index (χ4n) is 6.56. The van der Waals surface area contributed by atoms with E-state index in [9.17, 15) is 4.79 Å². The quantitative estimate of drug-likeness (QED) is 0.675. The number of nitrogens with one attached hydrogen (secondary N) is 2. The molecule has 2 atom stereocenters. The molecule has 0 saturated heterocycles. The lowest BCUT2D eigenvalue weighted by atomic mass is 9.43. The van der Waals surface area contributed by atoms with E-state index < -0.39 is 0 Å². The number of rotatable bonds is 2. The highest BCUT2D eigenvalue weighted by molar-refractivity contribution is 6.42. The number of amides is 2. The topological polar surface area (TPSA) is 41.1 Å². The minimum Gasteiger partial charge on any atom is -0.332 e. The normalized spacial score (nSPS) is 39.8. The Morgan fingerprint density at radius 2 is 1.71 bits per heavy atom. The van der Waals surface area contributed by atoms with E-state index in [0.717, 1.165) is 25.2 Å². The van der Waals surface area contributed by atoms with Crippen LogP contribution in [0.5, 0.6) is 0 Å². The monoisotopic (exact) mass is 366 g/mol. The number of hydrogen-bond donors (Lipinski definition) is 2. The highest BCUT2D eigenvalue weighted by Gasteiger charge is 2.60. The van der Waals surface area contributed by atoms with Gasteiger partial charge in [0.25, 0.3) is 0 Å². The van der Waals surface area contributed by atoms with E-state index in [2.05, 4.69) is 24.5 Å². The summed E-state index contributed by atoms with van der Waals surface area (Å²) in [7, 11) is 0. The van der Waals surface area contributed by atoms with Crippen molar-refractivity contribution in [2.75, 3.05) is 5.32 Å². The molecule has 4 aliphatic rings. The van der Waals surface area contributed by atoms with Crippen molar-refractivity contribution < 1.29 is 4.79 Å². The Kier molecular flexibility index (Phi) is 3.64. The molecule has 3 nitrogen and oxygen atoms in total. The predicted molar refractivity (Wildman–Crippen MR) is 98.8 cm³/mol. The van der Waals surface area contributed by atoms with Crippen molar-refractivity contribution in [2.45, 2.75) is 57.9 Å². The van der Waals surface area contributed by atoms with E-state index in [1.165, 1.54) is 19.3 Å². The average Bonchev–Trinajstić information content (AvgIpc) is 2.37. The zero-order chi connectivity index (χ0) is 17.2. The first-order chi connectivity index (χ1) is 11.2. The number of urea groups is 1. The van der Waals surface area contributed by atoms with Gasteiger partial charge in [0.05, 0.1) is 10.0 Å². The van der Waals surface area contributed by atoms with Gasteiger partial charge in [-0.2, -0.15) is 0 Å². The van der Waals surface area contributed by atoms with Crippen LogP contribution in [0.4, 0.5) is 10.5 Å². The predicted octanol–water partition coefficient (Wildman–Crippen LogP) is 5.86. The molecule has 0 aromatic heterocycles. The van der Waals surface area contributed by atoms with Gasteiger partial charge in [-0.1, -0.05) is 37.0 Å². The van der Waals surface area contributed by atoms with Gasteiger partial charge in [-0.3, -0.25) is 0 Å². The second kappa shape index (κ2) is 5.28. The molecule has 0 spiro atoms. The lowest BCUT2D eigenvalue weighted by molar-refractivity contribution is -0.113. The summed E-state index contributed by atoms with van der Waals surface area (Å²) in [5, 5.41) is 7.19. The minimum absolute atomic E-state index is 0.0524. The van der Waals surface area contributed by atoms with E-state index >= 15 is 0 Å². The fourth-order valence-corrected chi connectivity index (χ4v) is 6.86.